The van der Waals surface area contributed by atoms with Crippen LogP contribution in [0.2, 0.25) is 0 Å². The van der Waals surface area contributed by atoms with Crippen molar-refractivity contribution >= 4 is 23.2 Å². The fourth-order valence-corrected chi connectivity index (χ4v) is 3.82. The SMILES string of the molecule is Cc1cnc(CNC(=NCC(=O)N(C)C)NC2CCc3ccccc3C2)s1. The summed E-state index contributed by atoms with van der Waals surface area (Å²) >= 11 is 1.66. The third-order valence-electron chi connectivity index (χ3n) is 4.64. The van der Waals surface area contributed by atoms with Gasteiger partial charge >= 0.3 is 0 Å². The summed E-state index contributed by atoms with van der Waals surface area (Å²) < 4.78 is 0. The maximum Gasteiger partial charge on any atom is 0.243 e. The van der Waals surface area contributed by atoms with Crippen molar-refractivity contribution in [3.8, 4) is 0 Å². The summed E-state index contributed by atoms with van der Waals surface area (Å²) in [6, 6.07) is 8.90. The molecule has 1 aromatic heterocycles. The standard InChI is InChI=1S/C20H27N5OS/c1-14-11-21-18(27-14)12-22-20(23-13-19(26)25(2)3)24-17-9-8-15-6-4-5-7-16(15)10-17/h4-7,11,17H,8-10,12-13H2,1-3H3,(H2,22,23,24). The number of guanidine groups is 1. The van der Waals surface area contributed by atoms with Crippen LogP contribution in [-0.2, 0) is 24.2 Å². The van der Waals surface area contributed by atoms with Crippen molar-refractivity contribution in [1.82, 2.24) is 20.5 Å². The highest BCUT2D eigenvalue weighted by Gasteiger charge is 2.19. The smallest absolute Gasteiger partial charge is 0.243 e. The van der Waals surface area contributed by atoms with Crippen LogP contribution < -0.4 is 10.6 Å². The molecule has 1 unspecified atom stereocenters. The Balaban J connectivity index is 1.65. The molecule has 2 aromatic rings. The van der Waals surface area contributed by atoms with Crippen LogP contribution in [0.5, 0.6) is 0 Å². The Kier molecular flexibility index (Phi) is 6.45. The second-order valence-electron chi connectivity index (χ2n) is 7.02. The van der Waals surface area contributed by atoms with Crippen LogP contribution in [0.1, 0.15) is 27.4 Å². The average Bonchev–Trinajstić information content (AvgIpc) is 3.08. The van der Waals surface area contributed by atoms with E-state index < -0.39 is 0 Å². The molecule has 0 bridgehead atoms. The van der Waals surface area contributed by atoms with Crippen molar-refractivity contribution in [1.29, 1.82) is 0 Å². The minimum Gasteiger partial charge on any atom is -0.353 e. The Labute approximate surface area is 164 Å². The molecule has 1 amide bonds. The van der Waals surface area contributed by atoms with Crippen molar-refractivity contribution in [2.24, 2.45) is 4.99 Å². The molecule has 0 saturated heterocycles. The second-order valence-corrected chi connectivity index (χ2v) is 8.34. The molecule has 7 heteroatoms. The lowest BCUT2D eigenvalue weighted by Gasteiger charge is -2.27. The third kappa shape index (κ3) is 5.53. The van der Waals surface area contributed by atoms with Crippen LogP contribution in [-0.4, -0.2) is 48.4 Å². The summed E-state index contributed by atoms with van der Waals surface area (Å²) in [6.07, 6.45) is 4.95. The van der Waals surface area contributed by atoms with Gasteiger partial charge in [-0.3, -0.25) is 4.79 Å². The molecule has 0 radical (unpaired) electrons. The van der Waals surface area contributed by atoms with Crippen LogP contribution in [0.3, 0.4) is 0 Å². The number of rotatable bonds is 5. The molecular weight excluding hydrogens is 358 g/mol. The molecule has 0 fully saturated rings. The monoisotopic (exact) mass is 385 g/mol. The van der Waals surface area contributed by atoms with E-state index in [-0.39, 0.29) is 12.5 Å². The van der Waals surface area contributed by atoms with Gasteiger partial charge in [-0.2, -0.15) is 0 Å². The average molecular weight is 386 g/mol. The van der Waals surface area contributed by atoms with E-state index in [4.69, 9.17) is 0 Å². The van der Waals surface area contributed by atoms with Crippen LogP contribution in [0, 0.1) is 6.92 Å². The minimum atomic E-state index is -0.0183. The van der Waals surface area contributed by atoms with Gasteiger partial charge in [-0.15, -0.1) is 11.3 Å². The molecule has 6 nitrogen and oxygen atoms in total. The fourth-order valence-electron chi connectivity index (χ4n) is 3.10. The summed E-state index contributed by atoms with van der Waals surface area (Å²) in [4.78, 5) is 23.6. The first-order valence-corrected chi connectivity index (χ1v) is 10.1. The number of aryl methyl sites for hydroxylation is 2. The van der Waals surface area contributed by atoms with Crippen LogP contribution in [0.25, 0.3) is 0 Å². The number of nitrogens with zero attached hydrogens (tertiary/aromatic N) is 3. The van der Waals surface area contributed by atoms with Gasteiger partial charge in [-0.25, -0.2) is 9.98 Å². The van der Waals surface area contributed by atoms with E-state index in [1.54, 1.807) is 30.3 Å². The zero-order valence-electron chi connectivity index (χ0n) is 16.2. The van der Waals surface area contributed by atoms with Crippen LogP contribution in [0.15, 0.2) is 35.5 Å². The van der Waals surface area contributed by atoms with Crippen LogP contribution in [0.4, 0.5) is 0 Å². The second kappa shape index (κ2) is 8.99. The summed E-state index contributed by atoms with van der Waals surface area (Å²) in [6.45, 7) is 2.77. The molecule has 1 atom stereocenters. The van der Waals surface area contributed by atoms with Crippen LogP contribution >= 0.6 is 11.3 Å². The van der Waals surface area contributed by atoms with Gasteiger partial charge in [-0.05, 0) is 37.3 Å². The molecule has 27 heavy (non-hydrogen) atoms. The largest absolute Gasteiger partial charge is 0.353 e. The molecule has 3 rings (SSSR count). The summed E-state index contributed by atoms with van der Waals surface area (Å²) in [5.41, 5.74) is 2.82. The zero-order valence-corrected chi connectivity index (χ0v) is 17.0. The van der Waals surface area contributed by atoms with Gasteiger partial charge in [0.1, 0.15) is 11.6 Å². The topological polar surface area (TPSA) is 69.6 Å². The zero-order chi connectivity index (χ0) is 19.2. The maximum atomic E-state index is 11.9. The number of amides is 1. The fraction of sp³-hybridized carbons (Fsp3) is 0.450. The molecule has 144 valence electrons. The quantitative estimate of drug-likeness (QED) is 0.611. The number of carbonyl (C=O) groups excluding carboxylic acids is 1. The number of likely N-dealkylation sites (N-methyl/N-ethyl adjacent to an activating group) is 1. The van der Waals surface area contributed by atoms with E-state index >= 15 is 0 Å². The van der Waals surface area contributed by atoms with Gasteiger partial charge in [0, 0.05) is 31.2 Å². The number of nitrogens with one attached hydrogen (secondary N) is 2. The Morgan fingerprint density at radius 1 is 1.33 bits per heavy atom. The molecule has 1 aliphatic rings. The number of benzene rings is 1. The first-order chi connectivity index (χ1) is 13.0. The summed E-state index contributed by atoms with van der Waals surface area (Å²) in [7, 11) is 3.49. The molecule has 1 heterocycles. The number of hydrogen-bond acceptors (Lipinski definition) is 4. The number of hydrogen-bond donors (Lipinski definition) is 2. The minimum absolute atomic E-state index is 0.0183. The third-order valence-corrected chi connectivity index (χ3v) is 5.55. The highest BCUT2D eigenvalue weighted by molar-refractivity contribution is 7.11. The number of aromatic nitrogens is 1. The van der Waals surface area contributed by atoms with Gasteiger partial charge in [-0.1, -0.05) is 24.3 Å². The van der Waals surface area contributed by atoms with E-state index in [0.29, 0.717) is 18.5 Å². The molecule has 1 aliphatic carbocycles. The highest BCUT2D eigenvalue weighted by atomic mass is 32.1. The van der Waals surface area contributed by atoms with Crippen molar-refractivity contribution in [2.45, 2.75) is 38.8 Å². The number of fused-ring (bicyclic) bond motifs is 1. The predicted octanol–water partition coefficient (Wildman–Crippen LogP) is 2.13. The molecule has 0 aliphatic heterocycles. The Bertz CT molecular complexity index is 814. The highest BCUT2D eigenvalue weighted by Crippen LogP contribution is 2.21. The molecule has 0 saturated carbocycles. The van der Waals surface area contributed by atoms with Crippen molar-refractivity contribution in [3.05, 3.63) is 51.5 Å². The molecule has 0 spiro atoms. The van der Waals surface area contributed by atoms with Gasteiger partial charge in [0.2, 0.25) is 5.91 Å². The normalized spacial score (nSPS) is 16.6. The predicted molar refractivity (Wildman–Crippen MR) is 110 cm³/mol. The lowest BCUT2D eigenvalue weighted by atomic mass is 9.88. The number of thiazole rings is 1. The summed E-state index contributed by atoms with van der Waals surface area (Å²) in [5.74, 6) is 0.651. The molecule has 2 N–H and O–H groups in total. The first kappa shape index (κ1) is 19.4. The van der Waals surface area contributed by atoms with Gasteiger partial charge in [0.05, 0.1) is 6.54 Å². The molecular formula is C20H27N5OS. The Morgan fingerprint density at radius 3 is 2.81 bits per heavy atom. The first-order valence-electron chi connectivity index (χ1n) is 9.24. The summed E-state index contributed by atoms with van der Waals surface area (Å²) in [5, 5.41) is 7.85. The number of carbonyl (C=O) groups is 1. The lowest BCUT2D eigenvalue weighted by molar-refractivity contribution is -0.127. The maximum absolute atomic E-state index is 11.9. The van der Waals surface area contributed by atoms with Crippen molar-refractivity contribution < 1.29 is 4.79 Å². The van der Waals surface area contributed by atoms with Gasteiger partial charge < -0.3 is 15.5 Å². The Morgan fingerprint density at radius 2 is 2.11 bits per heavy atom. The van der Waals surface area contributed by atoms with E-state index in [1.807, 2.05) is 13.1 Å². The van der Waals surface area contributed by atoms with Gasteiger partial charge in [0.15, 0.2) is 5.96 Å². The van der Waals surface area contributed by atoms with Crippen molar-refractivity contribution in [3.63, 3.8) is 0 Å². The molecule has 1 aromatic carbocycles. The van der Waals surface area contributed by atoms with E-state index in [2.05, 4.69) is 44.9 Å². The lowest BCUT2D eigenvalue weighted by Crippen LogP contribution is -2.46. The van der Waals surface area contributed by atoms with E-state index in [0.717, 1.165) is 24.3 Å². The van der Waals surface area contributed by atoms with E-state index in [9.17, 15) is 4.79 Å². The Hall–Kier alpha value is -2.41. The van der Waals surface area contributed by atoms with E-state index in [1.165, 1.54) is 16.0 Å². The number of aliphatic imine (C=N–C) groups is 1. The van der Waals surface area contributed by atoms with Gasteiger partial charge in [0.25, 0.3) is 0 Å². The van der Waals surface area contributed by atoms with Crippen molar-refractivity contribution in [2.75, 3.05) is 20.6 Å².